The molecule has 0 aliphatic carbocycles. The van der Waals surface area contributed by atoms with Crippen LogP contribution in [0.3, 0.4) is 0 Å². The lowest BCUT2D eigenvalue weighted by Gasteiger charge is -2.17. The average Bonchev–Trinajstić information content (AvgIpc) is 2.19. The molecular weight excluding hydrogens is 225 g/mol. The first-order chi connectivity index (χ1) is 7.34. The van der Waals surface area contributed by atoms with E-state index < -0.39 is 10.8 Å². The van der Waals surface area contributed by atoms with E-state index in [2.05, 4.69) is 0 Å². The molecule has 0 bridgehead atoms. The zero-order chi connectivity index (χ0) is 12.3. The summed E-state index contributed by atoms with van der Waals surface area (Å²) in [5.74, 6) is 0.143. The van der Waals surface area contributed by atoms with Crippen molar-refractivity contribution in [3.05, 3.63) is 35.1 Å². The standard InChI is InChI=1S/C12H18FNOS/c1-12(2,3)16(15)8-9-4-5-11(13)10(6-9)7-14/h4-6H,7-8,14H2,1-3H3. The van der Waals surface area contributed by atoms with Crippen LogP contribution in [0, 0.1) is 5.82 Å². The Morgan fingerprint density at radius 3 is 2.50 bits per heavy atom. The van der Waals surface area contributed by atoms with Crippen molar-refractivity contribution in [3.8, 4) is 0 Å². The van der Waals surface area contributed by atoms with Gasteiger partial charge in [0, 0.05) is 33.4 Å². The monoisotopic (exact) mass is 243 g/mol. The second-order valence-corrected chi connectivity index (χ2v) is 6.94. The number of hydrogen-bond donors (Lipinski definition) is 1. The average molecular weight is 243 g/mol. The first kappa shape index (κ1) is 13.3. The maximum atomic E-state index is 13.2. The molecule has 0 amide bonds. The van der Waals surface area contributed by atoms with E-state index in [4.69, 9.17) is 5.73 Å². The summed E-state index contributed by atoms with van der Waals surface area (Å²) in [6.07, 6.45) is 0. The van der Waals surface area contributed by atoms with Gasteiger partial charge >= 0.3 is 0 Å². The van der Waals surface area contributed by atoms with Crippen LogP contribution in [0.25, 0.3) is 0 Å². The molecule has 0 aliphatic heterocycles. The summed E-state index contributed by atoms with van der Waals surface area (Å²) in [5, 5.41) is 0. The lowest BCUT2D eigenvalue weighted by molar-refractivity contribution is 0.609. The molecule has 1 atom stereocenters. The van der Waals surface area contributed by atoms with Gasteiger partial charge in [-0.3, -0.25) is 4.21 Å². The molecule has 1 aromatic rings. The number of hydrogen-bond acceptors (Lipinski definition) is 2. The normalized spacial score (nSPS) is 13.8. The Balaban J connectivity index is 2.87. The fourth-order valence-electron chi connectivity index (χ4n) is 1.24. The predicted molar refractivity (Wildman–Crippen MR) is 65.9 cm³/mol. The molecule has 0 spiro atoms. The van der Waals surface area contributed by atoms with Gasteiger partial charge in [0.15, 0.2) is 0 Å². The Labute approximate surface area is 98.5 Å². The molecule has 0 saturated heterocycles. The van der Waals surface area contributed by atoms with Crippen LogP contribution in [-0.4, -0.2) is 8.96 Å². The van der Waals surface area contributed by atoms with Gasteiger partial charge < -0.3 is 5.73 Å². The van der Waals surface area contributed by atoms with Crippen LogP contribution in [0.5, 0.6) is 0 Å². The third-order valence-corrected chi connectivity index (χ3v) is 4.27. The van der Waals surface area contributed by atoms with Gasteiger partial charge in [0.25, 0.3) is 0 Å². The Morgan fingerprint density at radius 2 is 2.00 bits per heavy atom. The SMILES string of the molecule is CC(C)(C)S(=O)Cc1ccc(F)c(CN)c1. The van der Waals surface area contributed by atoms with Gasteiger partial charge in [-0.2, -0.15) is 0 Å². The highest BCUT2D eigenvalue weighted by Crippen LogP contribution is 2.18. The lowest BCUT2D eigenvalue weighted by Crippen LogP contribution is -2.23. The molecule has 4 heteroatoms. The molecule has 0 aliphatic rings. The van der Waals surface area contributed by atoms with Crippen LogP contribution in [0.2, 0.25) is 0 Å². The van der Waals surface area contributed by atoms with E-state index >= 15 is 0 Å². The highest BCUT2D eigenvalue weighted by atomic mass is 32.2. The number of benzene rings is 1. The molecule has 0 fully saturated rings. The molecule has 0 aromatic heterocycles. The second-order valence-electron chi connectivity index (χ2n) is 4.73. The fourth-order valence-corrected chi connectivity index (χ4v) is 2.16. The molecule has 0 radical (unpaired) electrons. The van der Waals surface area contributed by atoms with Crippen molar-refractivity contribution in [2.75, 3.05) is 0 Å². The van der Waals surface area contributed by atoms with E-state index in [9.17, 15) is 8.60 Å². The highest BCUT2D eigenvalue weighted by molar-refractivity contribution is 7.85. The van der Waals surface area contributed by atoms with Crippen molar-refractivity contribution >= 4 is 10.8 Å². The maximum Gasteiger partial charge on any atom is 0.127 e. The van der Waals surface area contributed by atoms with Gasteiger partial charge in [-0.1, -0.05) is 12.1 Å². The number of halogens is 1. The summed E-state index contributed by atoms with van der Waals surface area (Å²) in [4.78, 5) is 0. The molecule has 90 valence electrons. The van der Waals surface area contributed by atoms with Gasteiger partial charge in [0.05, 0.1) is 0 Å². The molecule has 0 heterocycles. The minimum absolute atomic E-state index is 0.168. The molecule has 2 N–H and O–H groups in total. The highest BCUT2D eigenvalue weighted by Gasteiger charge is 2.19. The summed E-state index contributed by atoms with van der Waals surface area (Å²) in [6.45, 7) is 5.95. The summed E-state index contributed by atoms with van der Waals surface area (Å²) in [5.41, 5.74) is 6.77. The Hall–Kier alpha value is -0.740. The van der Waals surface area contributed by atoms with Gasteiger partial charge in [-0.15, -0.1) is 0 Å². The van der Waals surface area contributed by atoms with Gasteiger partial charge in [-0.25, -0.2) is 4.39 Å². The van der Waals surface area contributed by atoms with E-state index in [0.717, 1.165) is 5.56 Å². The van der Waals surface area contributed by atoms with Crippen LogP contribution < -0.4 is 5.73 Å². The van der Waals surface area contributed by atoms with E-state index in [0.29, 0.717) is 11.3 Å². The van der Waals surface area contributed by atoms with E-state index in [1.54, 1.807) is 12.1 Å². The minimum atomic E-state index is -0.968. The minimum Gasteiger partial charge on any atom is -0.326 e. The lowest BCUT2D eigenvalue weighted by atomic mass is 10.1. The van der Waals surface area contributed by atoms with Gasteiger partial charge in [0.2, 0.25) is 0 Å². The fraction of sp³-hybridized carbons (Fsp3) is 0.500. The predicted octanol–water partition coefficient (Wildman–Crippen LogP) is 2.33. The van der Waals surface area contributed by atoms with Crippen molar-refractivity contribution in [3.63, 3.8) is 0 Å². The van der Waals surface area contributed by atoms with E-state index in [-0.39, 0.29) is 17.1 Å². The third kappa shape index (κ3) is 3.39. The molecule has 1 unspecified atom stereocenters. The quantitative estimate of drug-likeness (QED) is 0.885. The third-order valence-electron chi connectivity index (χ3n) is 2.31. The topological polar surface area (TPSA) is 43.1 Å². The molecule has 1 rings (SSSR count). The molecule has 1 aromatic carbocycles. The van der Waals surface area contributed by atoms with Crippen LogP contribution >= 0.6 is 0 Å². The summed E-state index contributed by atoms with van der Waals surface area (Å²) >= 11 is 0. The van der Waals surface area contributed by atoms with Crippen LogP contribution in [0.15, 0.2) is 18.2 Å². The Morgan fingerprint density at radius 1 is 1.38 bits per heavy atom. The first-order valence-electron chi connectivity index (χ1n) is 5.20. The van der Waals surface area contributed by atoms with Gasteiger partial charge in [0.1, 0.15) is 5.82 Å². The van der Waals surface area contributed by atoms with Crippen molar-refractivity contribution in [1.29, 1.82) is 0 Å². The first-order valence-corrected chi connectivity index (χ1v) is 6.52. The second kappa shape index (κ2) is 5.06. The zero-order valence-electron chi connectivity index (χ0n) is 9.92. The van der Waals surface area contributed by atoms with Crippen LogP contribution in [-0.2, 0) is 23.1 Å². The molecular formula is C12H18FNOS. The molecule has 2 nitrogen and oxygen atoms in total. The number of rotatable bonds is 3. The van der Waals surface area contributed by atoms with Crippen molar-refractivity contribution in [1.82, 2.24) is 0 Å². The van der Waals surface area contributed by atoms with E-state index in [1.807, 2.05) is 20.8 Å². The zero-order valence-corrected chi connectivity index (χ0v) is 10.7. The van der Waals surface area contributed by atoms with Crippen LogP contribution in [0.4, 0.5) is 4.39 Å². The molecule has 16 heavy (non-hydrogen) atoms. The van der Waals surface area contributed by atoms with Crippen molar-refractivity contribution < 1.29 is 8.60 Å². The Kier molecular flexibility index (Phi) is 4.21. The molecule has 0 saturated carbocycles. The Bertz CT molecular complexity index is 398. The van der Waals surface area contributed by atoms with Gasteiger partial charge in [-0.05, 0) is 32.4 Å². The van der Waals surface area contributed by atoms with Crippen molar-refractivity contribution in [2.24, 2.45) is 5.73 Å². The smallest absolute Gasteiger partial charge is 0.127 e. The van der Waals surface area contributed by atoms with Crippen LogP contribution in [0.1, 0.15) is 31.9 Å². The summed E-state index contributed by atoms with van der Waals surface area (Å²) in [6, 6.07) is 4.74. The maximum absolute atomic E-state index is 13.2. The van der Waals surface area contributed by atoms with Crippen molar-refractivity contribution in [2.45, 2.75) is 37.8 Å². The van der Waals surface area contributed by atoms with E-state index in [1.165, 1.54) is 6.07 Å². The number of nitrogens with two attached hydrogens (primary N) is 1. The summed E-state index contributed by atoms with van der Waals surface area (Å²) < 4.78 is 24.8. The summed E-state index contributed by atoms with van der Waals surface area (Å²) in [7, 11) is -0.968. The largest absolute Gasteiger partial charge is 0.326 e.